The Morgan fingerprint density at radius 1 is 1.14 bits per heavy atom. The Labute approximate surface area is 215 Å². The quantitative estimate of drug-likeness (QED) is 0.380. The zero-order valence-corrected chi connectivity index (χ0v) is 21.5. The van der Waals surface area contributed by atoms with Crippen LogP contribution in [-0.4, -0.2) is 60.6 Å². The topological polar surface area (TPSA) is 104 Å². The van der Waals surface area contributed by atoms with Crippen molar-refractivity contribution in [1.82, 2.24) is 14.5 Å². The number of aromatic nitrogens is 3. The molecule has 2 N–H and O–H groups in total. The number of hydrogen-bond acceptors (Lipinski definition) is 7. The van der Waals surface area contributed by atoms with Crippen LogP contribution in [0.15, 0.2) is 60.9 Å². The number of nitrogens with one attached hydrogen (secondary N) is 1. The Morgan fingerprint density at radius 2 is 1.86 bits per heavy atom. The smallest absolute Gasteiger partial charge is 0.232 e. The first-order valence-corrected chi connectivity index (χ1v) is 13.9. The van der Waals surface area contributed by atoms with Crippen molar-refractivity contribution in [1.29, 1.82) is 0 Å². The number of nitrogens with zero attached hydrogens (tertiary/aromatic N) is 5. The predicted molar refractivity (Wildman–Crippen MR) is 143 cm³/mol. The fourth-order valence-electron chi connectivity index (χ4n) is 4.52. The molecule has 3 heterocycles. The normalized spacial score (nSPS) is 14.8. The van der Waals surface area contributed by atoms with Gasteiger partial charge in [0.15, 0.2) is 0 Å². The second-order valence-corrected chi connectivity index (χ2v) is 11.3. The maximum absolute atomic E-state index is 14.1. The average molecular weight is 525 g/mol. The van der Waals surface area contributed by atoms with E-state index in [4.69, 9.17) is 0 Å². The third-order valence-electron chi connectivity index (χ3n) is 6.67. The molecule has 0 aliphatic carbocycles. The van der Waals surface area contributed by atoms with Crippen LogP contribution in [0.2, 0.25) is 0 Å². The molecule has 0 bridgehead atoms. The van der Waals surface area contributed by atoms with E-state index in [0.29, 0.717) is 22.8 Å². The van der Waals surface area contributed by atoms with E-state index in [9.17, 15) is 17.9 Å². The van der Waals surface area contributed by atoms with Crippen molar-refractivity contribution in [2.75, 3.05) is 40.9 Å². The molecule has 1 aliphatic heterocycles. The van der Waals surface area contributed by atoms with Crippen LogP contribution in [0.4, 0.5) is 27.4 Å². The lowest BCUT2D eigenvalue weighted by Crippen LogP contribution is -2.35. The number of fused-ring (bicyclic) bond motifs is 1. The summed E-state index contributed by atoms with van der Waals surface area (Å²) in [4.78, 5) is 11.3. The van der Waals surface area contributed by atoms with E-state index in [1.165, 1.54) is 25.2 Å². The highest BCUT2D eigenvalue weighted by molar-refractivity contribution is 7.92. The van der Waals surface area contributed by atoms with Gasteiger partial charge in [-0.05, 0) is 66.9 Å². The maximum atomic E-state index is 14.1. The minimum atomic E-state index is -3.52. The first-order valence-electron chi connectivity index (χ1n) is 12.0. The van der Waals surface area contributed by atoms with Crippen LogP contribution < -0.4 is 14.5 Å². The predicted octanol–water partition coefficient (Wildman–Crippen LogP) is 3.72. The van der Waals surface area contributed by atoms with Crippen LogP contribution in [0.3, 0.4) is 0 Å². The van der Waals surface area contributed by atoms with E-state index in [2.05, 4.69) is 20.2 Å². The summed E-state index contributed by atoms with van der Waals surface area (Å²) in [5, 5.41) is 13.8. The van der Waals surface area contributed by atoms with Gasteiger partial charge >= 0.3 is 0 Å². The van der Waals surface area contributed by atoms with Crippen molar-refractivity contribution in [3.63, 3.8) is 0 Å². The Balaban J connectivity index is 1.37. The van der Waals surface area contributed by atoms with Crippen molar-refractivity contribution in [3.05, 3.63) is 72.3 Å². The van der Waals surface area contributed by atoms with E-state index < -0.39 is 15.8 Å². The SMILES string of the molecule is CN(c1ccc(F)cc1Cn1ccc2cnc(Nc3ccc(N4CCC(O)CC4)cc3)nc21)S(C)(=O)=O. The van der Waals surface area contributed by atoms with Crippen LogP contribution >= 0.6 is 0 Å². The molecule has 194 valence electrons. The number of halogens is 1. The highest BCUT2D eigenvalue weighted by Gasteiger charge is 2.19. The lowest BCUT2D eigenvalue weighted by molar-refractivity contribution is 0.145. The van der Waals surface area contributed by atoms with Crippen molar-refractivity contribution >= 4 is 44.1 Å². The molecule has 11 heteroatoms. The number of benzene rings is 2. The van der Waals surface area contributed by atoms with Crippen LogP contribution in [0, 0.1) is 5.82 Å². The molecule has 5 rings (SSSR count). The van der Waals surface area contributed by atoms with Gasteiger partial charge < -0.3 is 19.9 Å². The van der Waals surface area contributed by atoms with Gasteiger partial charge in [0.05, 0.1) is 24.6 Å². The zero-order chi connectivity index (χ0) is 26.2. The van der Waals surface area contributed by atoms with Crippen molar-refractivity contribution in [3.8, 4) is 0 Å². The molecule has 1 aliphatic rings. The van der Waals surface area contributed by atoms with E-state index in [1.54, 1.807) is 6.20 Å². The van der Waals surface area contributed by atoms with Gasteiger partial charge in [0.1, 0.15) is 11.5 Å². The summed E-state index contributed by atoms with van der Waals surface area (Å²) in [6, 6.07) is 13.9. The van der Waals surface area contributed by atoms with Gasteiger partial charge in [-0.2, -0.15) is 4.98 Å². The minimum Gasteiger partial charge on any atom is -0.393 e. The molecule has 9 nitrogen and oxygen atoms in total. The summed E-state index contributed by atoms with van der Waals surface area (Å²) in [6.45, 7) is 1.89. The number of rotatable bonds is 7. The van der Waals surface area contributed by atoms with Crippen molar-refractivity contribution in [2.24, 2.45) is 0 Å². The molecule has 37 heavy (non-hydrogen) atoms. The number of piperidine rings is 1. The molecule has 1 saturated heterocycles. The summed E-state index contributed by atoms with van der Waals surface area (Å²) in [7, 11) is -2.07. The molecule has 2 aromatic heterocycles. The van der Waals surface area contributed by atoms with Crippen LogP contribution in [0.5, 0.6) is 0 Å². The fourth-order valence-corrected chi connectivity index (χ4v) is 5.05. The molecule has 0 atom stereocenters. The zero-order valence-electron chi connectivity index (χ0n) is 20.7. The number of hydrogen-bond donors (Lipinski definition) is 2. The first-order chi connectivity index (χ1) is 17.7. The highest BCUT2D eigenvalue weighted by atomic mass is 32.2. The Bertz CT molecular complexity index is 1520. The summed E-state index contributed by atoms with van der Waals surface area (Å²) in [5.74, 6) is -0.0349. The minimum absolute atomic E-state index is 0.212. The van der Waals surface area contributed by atoms with Crippen molar-refractivity contribution < 1.29 is 17.9 Å². The van der Waals surface area contributed by atoms with Gasteiger partial charge in [-0.25, -0.2) is 17.8 Å². The number of aliphatic hydroxyl groups is 1. The number of aliphatic hydroxyl groups excluding tert-OH is 1. The molecule has 0 radical (unpaired) electrons. The Hall–Kier alpha value is -3.70. The summed E-state index contributed by atoms with van der Waals surface area (Å²) in [6.07, 6.45) is 5.98. The van der Waals surface area contributed by atoms with Gasteiger partial charge in [0, 0.05) is 49.3 Å². The first kappa shape index (κ1) is 25.0. The van der Waals surface area contributed by atoms with Crippen molar-refractivity contribution in [2.45, 2.75) is 25.5 Å². The van der Waals surface area contributed by atoms with Crippen LogP contribution in [-0.2, 0) is 16.6 Å². The lowest BCUT2D eigenvalue weighted by atomic mass is 10.1. The molecule has 0 spiro atoms. The largest absolute Gasteiger partial charge is 0.393 e. The standard InChI is InChI=1S/C26H29FN6O3S/c1-31(37(2,35)36)24-8-3-20(27)15-19(24)17-33-12-9-18-16-28-26(30-25(18)33)29-21-4-6-22(7-5-21)32-13-10-23(34)11-14-32/h3-9,12,15-16,23,34H,10-11,13-14,17H2,1-2H3,(H,28,29,30). The van der Waals surface area contributed by atoms with Gasteiger partial charge in [-0.1, -0.05) is 0 Å². The molecule has 4 aromatic rings. The summed E-state index contributed by atoms with van der Waals surface area (Å²) >= 11 is 0. The summed E-state index contributed by atoms with van der Waals surface area (Å²) in [5.41, 5.74) is 3.49. The maximum Gasteiger partial charge on any atom is 0.232 e. The lowest BCUT2D eigenvalue weighted by Gasteiger charge is -2.31. The fraction of sp³-hybridized carbons (Fsp3) is 0.308. The second-order valence-electron chi connectivity index (χ2n) is 9.31. The second kappa shape index (κ2) is 9.98. The van der Waals surface area contributed by atoms with Gasteiger partial charge in [0.25, 0.3) is 0 Å². The molecule has 0 amide bonds. The molecule has 2 aromatic carbocycles. The number of sulfonamides is 1. The van der Waals surface area contributed by atoms with Gasteiger partial charge in [0.2, 0.25) is 16.0 Å². The Morgan fingerprint density at radius 3 is 2.57 bits per heavy atom. The van der Waals surface area contributed by atoms with E-state index in [0.717, 1.165) is 53.3 Å². The van der Waals surface area contributed by atoms with Crippen LogP contribution in [0.1, 0.15) is 18.4 Å². The average Bonchev–Trinajstić information content (AvgIpc) is 3.26. The molecular weight excluding hydrogens is 495 g/mol. The Kier molecular flexibility index (Phi) is 6.74. The van der Waals surface area contributed by atoms with E-state index in [-0.39, 0.29) is 12.6 Å². The van der Waals surface area contributed by atoms with Crippen LogP contribution in [0.25, 0.3) is 11.0 Å². The number of anilines is 4. The molecular formula is C26H29FN6O3S. The third-order valence-corrected chi connectivity index (χ3v) is 7.87. The molecule has 0 saturated carbocycles. The monoisotopic (exact) mass is 524 g/mol. The molecule has 1 fully saturated rings. The third kappa shape index (κ3) is 5.52. The summed E-state index contributed by atoms with van der Waals surface area (Å²) < 4.78 is 41.3. The highest BCUT2D eigenvalue weighted by Crippen LogP contribution is 2.27. The van der Waals surface area contributed by atoms with E-state index >= 15 is 0 Å². The van der Waals surface area contributed by atoms with Gasteiger partial charge in [-0.15, -0.1) is 0 Å². The van der Waals surface area contributed by atoms with Gasteiger partial charge in [-0.3, -0.25) is 4.31 Å². The van der Waals surface area contributed by atoms with E-state index in [1.807, 2.05) is 41.1 Å². The molecule has 0 unspecified atom stereocenters.